The van der Waals surface area contributed by atoms with Crippen LogP contribution in [0.4, 0.5) is 5.69 Å². The van der Waals surface area contributed by atoms with Gasteiger partial charge in [0.2, 0.25) is 15.9 Å². The van der Waals surface area contributed by atoms with E-state index in [-0.39, 0.29) is 42.7 Å². The third-order valence-electron chi connectivity index (χ3n) is 5.21. The fourth-order valence-corrected chi connectivity index (χ4v) is 4.74. The maximum atomic E-state index is 12.9. The molecular weight excluding hydrogens is 406 g/mol. The van der Waals surface area contributed by atoms with Crippen LogP contribution < -0.4 is 0 Å². The van der Waals surface area contributed by atoms with Crippen LogP contribution in [0.25, 0.3) is 6.08 Å². The van der Waals surface area contributed by atoms with Gasteiger partial charge >= 0.3 is 0 Å². The fraction of sp³-hybridized carbons (Fsp3) is 0.286. The third kappa shape index (κ3) is 4.58. The molecule has 2 aromatic carbocycles. The molecule has 0 bridgehead atoms. The summed E-state index contributed by atoms with van der Waals surface area (Å²) >= 11 is 0. The lowest BCUT2D eigenvalue weighted by molar-refractivity contribution is -0.385. The number of carbonyl (C=O) groups excluding carboxylic acids is 1. The van der Waals surface area contributed by atoms with Gasteiger partial charge in [-0.3, -0.25) is 14.9 Å². The Morgan fingerprint density at radius 2 is 1.70 bits per heavy atom. The number of sulfonamides is 1. The number of nitro benzene ring substituents is 1. The van der Waals surface area contributed by atoms with E-state index in [2.05, 4.69) is 0 Å². The number of rotatable bonds is 5. The molecule has 1 aliphatic rings. The average molecular weight is 429 g/mol. The van der Waals surface area contributed by atoms with Crippen LogP contribution in [-0.4, -0.2) is 54.6 Å². The zero-order valence-electron chi connectivity index (χ0n) is 16.8. The Balaban J connectivity index is 1.66. The third-order valence-corrected chi connectivity index (χ3v) is 7.10. The summed E-state index contributed by atoms with van der Waals surface area (Å²) in [5, 5.41) is 11.1. The second-order valence-electron chi connectivity index (χ2n) is 7.12. The van der Waals surface area contributed by atoms with Gasteiger partial charge in [0.25, 0.3) is 5.69 Å². The Morgan fingerprint density at radius 1 is 1.03 bits per heavy atom. The van der Waals surface area contributed by atoms with Crippen molar-refractivity contribution < 1.29 is 18.1 Å². The van der Waals surface area contributed by atoms with Crippen molar-refractivity contribution in [2.45, 2.75) is 18.7 Å². The first-order valence-corrected chi connectivity index (χ1v) is 10.9. The minimum atomic E-state index is -3.62. The maximum Gasteiger partial charge on any atom is 0.276 e. The number of nitrogens with zero attached hydrogens (tertiary/aromatic N) is 3. The van der Waals surface area contributed by atoms with E-state index < -0.39 is 14.9 Å². The van der Waals surface area contributed by atoms with Gasteiger partial charge in [-0.05, 0) is 49.2 Å². The molecule has 1 heterocycles. The second kappa shape index (κ2) is 8.76. The Hall–Kier alpha value is -3.04. The summed E-state index contributed by atoms with van der Waals surface area (Å²) in [6.07, 6.45) is 2.70. The van der Waals surface area contributed by atoms with Gasteiger partial charge in [0.05, 0.1) is 15.4 Å². The molecule has 9 heteroatoms. The van der Waals surface area contributed by atoms with E-state index in [0.29, 0.717) is 5.56 Å². The summed E-state index contributed by atoms with van der Waals surface area (Å²) in [7, 11) is -3.62. The predicted octanol–water partition coefficient (Wildman–Crippen LogP) is 2.76. The van der Waals surface area contributed by atoms with Crippen LogP contribution in [0.2, 0.25) is 0 Å². The molecule has 0 spiro atoms. The summed E-state index contributed by atoms with van der Waals surface area (Å²) in [5.74, 6) is -0.309. The van der Waals surface area contributed by atoms with Crippen molar-refractivity contribution in [2.24, 2.45) is 0 Å². The highest BCUT2D eigenvalue weighted by Crippen LogP contribution is 2.21. The average Bonchev–Trinajstić information content (AvgIpc) is 2.74. The van der Waals surface area contributed by atoms with Crippen LogP contribution in [-0.2, 0) is 14.8 Å². The highest BCUT2D eigenvalue weighted by atomic mass is 32.2. The van der Waals surface area contributed by atoms with Gasteiger partial charge in [0.15, 0.2) is 0 Å². The lowest BCUT2D eigenvalue weighted by atomic mass is 10.1. The molecule has 0 radical (unpaired) electrons. The molecule has 2 aromatic rings. The lowest BCUT2D eigenvalue weighted by Gasteiger charge is -2.33. The molecule has 30 heavy (non-hydrogen) atoms. The first kappa shape index (κ1) is 21.7. The molecule has 0 N–H and O–H groups in total. The molecule has 1 aliphatic heterocycles. The van der Waals surface area contributed by atoms with E-state index in [4.69, 9.17) is 0 Å². The summed E-state index contributed by atoms with van der Waals surface area (Å²) in [6, 6.07) is 11.2. The fourth-order valence-electron chi connectivity index (χ4n) is 3.23. The van der Waals surface area contributed by atoms with Gasteiger partial charge in [-0.15, -0.1) is 0 Å². The van der Waals surface area contributed by atoms with Crippen LogP contribution in [0.1, 0.15) is 16.7 Å². The molecule has 0 aromatic heterocycles. The number of benzene rings is 2. The minimum absolute atomic E-state index is 0.0779. The summed E-state index contributed by atoms with van der Waals surface area (Å²) in [4.78, 5) is 24.8. The molecule has 8 nitrogen and oxygen atoms in total. The van der Waals surface area contributed by atoms with Crippen LogP contribution in [0, 0.1) is 24.0 Å². The molecular formula is C21H23N3O5S. The van der Waals surface area contributed by atoms with E-state index in [9.17, 15) is 23.3 Å². The summed E-state index contributed by atoms with van der Waals surface area (Å²) in [5.41, 5.74) is 2.19. The number of amides is 1. The highest BCUT2D eigenvalue weighted by molar-refractivity contribution is 7.89. The van der Waals surface area contributed by atoms with Crippen molar-refractivity contribution in [3.8, 4) is 0 Å². The minimum Gasteiger partial charge on any atom is -0.337 e. The first-order valence-electron chi connectivity index (χ1n) is 9.48. The molecule has 0 aliphatic carbocycles. The van der Waals surface area contributed by atoms with Crippen molar-refractivity contribution >= 4 is 27.7 Å². The monoisotopic (exact) mass is 429 g/mol. The van der Waals surface area contributed by atoms with Crippen molar-refractivity contribution in [3.05, 3.63) is 75.3 Å². The molecule has 1 amide bonds. The molecule has 0 unspecified atom stereocenters. The number of nitro groups is 1. The molecule has 158 valence electrons. The van der Waals surface area contributed by atoms with Gasteiger partial charge in [-0.2, -0.15) is 4.31 Å². The smallest absolute Gasteiger partial charge is 0.276 e. The Morgan fingerprint density at radius 3 is 2.33 bits per heavy atom. The van der Waals surface area contributed by atoms with Crippen LogP contribution >= 0.6 is 0 Å². The number of aryl methyl sites for hydroxylation is 2. The Bertz CT molecular complexity index is 1100. The molecule has 0 saturated carbocycles. The van der Waals surface area contributed by atoms with Crippen LogP contribution in [0.3, 0.4) is 0 Å². The number of carbonyl (C=O) groups is 1. The predicted molar refractivity (Wildman–Crippen MR) is 113 cm³/mol. The van der Waals surface area contributed by atoms with Gasteiger partial charge < -0.3 is 4.90 Å². The normalized spacial score (nSPS) is 15.5. The van der Waals surface area contributed by atoms with Gasteiger partial charge in [-0.1, -0.05) is 18.2 Å². The van der Waals surface area contributed by atoms with Crippen molar-refractivity contribution in [1.29, 1.82) is 0 Å². The van der Waals surface area contributed by atoms with Gasteiger partial charge in [-0.25, -0.2) is 8.42 Å². The van der Waals surface area contributed by atoms with Crippen molar-refractivity contribution in [1.82, 2.24) is 9.21 Å². The maximum absolute atomic E-state index is 12.9. The van der Waals surface area contributed by atoms with Gasteiger partial charge in [0, 0.05) is 38.3 Å². The quantitative estimate of drug-likeness (QED) is 0.413. The topological polar surface area (TPSA) is 101 Å². The van der Waals surface area contributed by atoms with E-state index in [1.807, 2.05) is 13.8 Å². The number of hydrogen-bond acceptors (Lipinski definition) is 5. The number of hydrogen-bond donors (Lipinski definition) is 0. The zero-order valence-corrected chi connectivity index (χ0v) is 17.6. The van der Waals surface area contributed by atoms with E-state index >= 15 is 0 Å². The van der Waals surface area contributed by atoms with Crippen molar-refractivity contribution in [3.63, 3.8) is 0 Å². The standard InChI is InChI=1S/C21H23N3O5S/c1-16-7-9-19(15-17(16)2)30(28,29)23-13-11-22(12-14-23)21(25)10-8-18-5-3-4-6-20(18)24(26)27/h3-10,15H,11-14H2,1-2H3/b10-8+. The van der Waals surface area contributed by atoms with Crippen molar-refractivity contribution in [2.75, 3.05) is 26.2 Å². The van der Waals surface area contributed by atoms with E-state index in [0.717, 1.165) is 11.1 Å². The Labute approximate surface area is 175 Å². The van der Waals surface area contributed by atoms with Gasteiger partial charge in [0.1, 0.15) is 0 Å². The van der Waals surface area contributed by atoms with E-state index in [1.54, 1.807) is 36.4 Å². The lowest BCUT2D eigenvalue weighted by Crippen LogP contribution is -2.50. The molecule has 0 atom stereocenters. The summed E-state index contributed by atoms with van der Waals surface area (Å²) in [6.45, 7) is 4.69. The zero-order chi connectivity index (χ0) is 21.9. The molecule has 1 saturated heterocycles. The molecule has 1 fully saturated rings. The number of para-hydroxylation sites is 1. The highest BCUT2D eigenvalue weighted by Gasteiger charge is 2.29. The van der Waals surface area contributed by atoms with Crippen LogP contribution in [0.15, 0.2) is 53.4 Å². The Kier molecular flexibility index (Phi) is 6.33. The molecule has 3 rings (SSSR count). The second-order valence-corrected chi connectivity index (χ2v) is 9.06. The number of piperazine rings is 1. The largest absolute Gasteiger partial charge is 0.337 e. The van der Waals surface area contributed by atoms with Crippen LogP contribution in [0.5, 0.6) is 0 Å². The van der Waals surface area contributed by atoms with E-state index in [1.165, 1.54) is 27.4 Å². The summed E-state index contributed by atoms with van der Waals surface area (Å²) < 4.78 is 27.1. The first-order chi connectivity index (χ1) is 14.2. The SMILES string of the molecule is Cc1ccc(S(=O)(=O)N2CCN(C(=O)/C=C/c3ccccc3[N+](=O)[O-])CC2)cc1C.